The first-order chi connectivity index (χ1) is 9.27. The Morgan fingerprint density at radius 2 is 2.05 bits per heavy atom. The van der Waals surface area contributed by atoms with Crippen molar-refractivity contribution in [3.8, 4) is 17.6 Å². The molecule has 3 nitrogen and oxygen atoms in total. The lowest BCUT2D eigenvalue weighted by Gasteiger charge is -2.09. The van der Waals surface area contributed by atoms with Gasteiger partial charge in [0, 0.05) is 12.2 Å². The van der Waals surface area contributed by atoms with Crippen molar-refractivity contribution in [2.75, 3.05) is 26.4 Å². The number of nitrogens with two attached hydrogens (primary N) is 1. The fraction of sp³-hybridized carbons (Fsp3) is 0.500. The lowest BCUT2D eigenvalue weighted by Crippen LogP contribution is -2.08. The molecule has 0 aliphatic heterocycles. The molecule has 104 valence electrons. The molecule has 0 heterocycles. The Bertz CT molecular complexity index is 432. The maximum atomic E-state index is 5.68. The van der Waals surface area contributed by atoms with E-state index in [0.717, 1.165) is 36.3 Å². The highest BCUT2D eigenvalue weighted by Gasteiger charge is 2.00. The molecule has 0 saturated heterocycles. The van der Waals surface area contributed by atoms with Crippen LogP contribution in [0.5, 0.6) is 5.75 Å². The van der Waals surface area contributed by atoms with Crippen LogP contribution in [0.3, 0.4) is 0 Å². The van der Waals surface area contributed by atoms with Crippen LogP contribution >= 0.6 is 0 Å². The van der Waals surface area contributed by atoms with Crippen molar-refractivity contribution in [3.63, 3.8) is 0 Å². The van der Waals surface area contributed by atoms with Gasteiger partial charge in [-0.15, -0.1) is 0 Å². The lowest BCUT2D eigenvalue weighted by atomic mass is 10.1. The number of unbranched alkanes of at least 4 members (excludes halogenated alkanes) is 1. The minimum Gasteiger partial charge on any atom is -0.491 e. The number of benzene rings is 1. The first kappa shape index (κ1) is 15.6. The first-order valence-corrected chi connectivity index (χ1v) is 6.78. The average Bonchev–Trinajstić information content (AvgIpc) is 2.42. The van der Waals surface area contributed by atoms with E-state index < -0.39 is 0 Å². The molecule has 0 bridgehead atoms. The number of hydrogen-bond acceptors (Lipinski definition) is 3. The Kier molecular flexibility index (Phi) is 7.72. The summed E-state index contributed by atoms with van der Waals surface area (Å²) in [6, 6.07) is 5.90. The zero-order valence-electron chi connectivity index (χ0n) is 11.9. The number of ether oxygens (including phenoxy) is 2. The summed E-state index contributed by atoms with van der Waals surface area (Å²) >= 11 is 0. The molecule has 2 N–H and O–H groups in total. The summed E-state index contributed by atoms with van der Waals surface area (Å²) in [6.07, 6.45) is 2.26. The Morgan fingerprint density at radius 3 is 2.74 bits per heavy atom. The van der Waals surface area contributed by atoms with Gasteiger partial charge in [-0.25, -0.2) is 0 Å². The Morgan fingerprint density at radius 1 is 1.21 bits per heavy atom. The molecule has 0 aliphatic rings. The second kappa shape index (κ2) is 9.43. The van der Waals surface area contributed by atoms with Gasteiger partial charge in [-0.2, -0.15) is 0 Å². The quantitative estimate of drug-likeness (QED) is 0.606. The summed E-state index contributed by atoms with van der Waals surface area (Å²) in [5, 5.41) is 0. The van der Waals surface area contributed by atoms with Crippen LogP contribution < -0.4 is 10.5 Å². The van der Waals surface area contributed by atoms with Gasteiger partial charge in [0.15, 0.2) is 0 Å². The Balaban J connectivity index is 2.38. The second-order valence-electron chi connectivity index (χ2n) is 4.30. The van der Waals surface area contributed by atoms with Crippen LogP contribution in [0.2, 0.25) is 0 Å². The highest BCUT2D eigenvalue weighted by atomic mass is 16.5. The van der Waals surface area contributed by atoms with Crippen LogP contribution in [-0.4, -0.2) is 26.4 Å². The van der Waals surface area contributed by atoms with Crippen LogP contribution in [0, 0.1) is 18.8 Å². The molecule has 0 radical (unpaired) electrons. The summed E-state index contributed by atoms with van der Waals surface area (Å²) < 4.78 is 11.1. The molecule has 0 aromatic heterocycles. The van der Waals surface area contributed by atoms with Crippen molar-refractivity contribution >= 4 is 0 Å². The molecule has 0 atom stereocenters. The zero-order valence-corrected chi connectivity index (χ0v) is 11.9. The SMILES string of the molecule is CCCCOCCOc1ccc(C#CCN)cc1C. The maximum Gasteiger partial charge on any atom is 0.122 e. The van der Waals surface area contributed by atoms with Gasteiger partial charge in [-0.05, 0) is 37.1 Å². The third-order valence-corrected chi connectivity index (χ3v) is 2.64. The van der Waals surface area contributed by atoms with Crippen molar-refractivity contribution < 1.29 is 9.47 Å². The monoisotopic (exact) mass is 261 g/mol. The minimum atomic E-state index is 0.381. The predicted octanol–water partition coefficient (Wildman–Crippen LogP) is 2.50. The highest BCUT2D eigenvalue weighted by Crippen LogP contribution is 2.18. The summed E-state index contributed by atoms with van der Waals surface area (Å²) in [5.74, 6) is 6.73. The molecule has 0 saturated carbocycles. The van der Waals surface area contributed by atoms with Gasteiger partial charge in [0.1, 0.15) is 12.4 Å². The predicted molar refractivity (Wildman–Crippen MR) is 78.3 cm³/mol. The topological polar surface area (TPSA) is 44.5 Å². The molecule has 0 unspecified atom stereocenters. The molecule has 1 aromatic rings. The highest BCUT2D eigenvalue weighted by molar-refractivity contribution is 5.43. The molecule has 3 heteroatoms. The molecular weight excluding hydrogens is 238 g/mol. The van der Waals surface area contributed by atoms with Crippen LogP contribution in [0.15, 0.2) is 18.2 Å². The van der Waals surface area contributed by atoms with E-state index in [1.807, 2.05) is 25.1 Å². The molecular formula is C16H23NO2. The lowest BCUT2D eigenvalue weighted by molar-refractivity contribution is 0.0978. The van der Waals surface area contributed by atoms with E-state index in [9.17, 15) is 0 Å². The first-order valence-electron chi connectivity index (χ1n) is 6.78. The van der Waals surface area contributed by atoms with Gasteiger partial charge in [0.05, 0.1) is 13.2 Å². The molecule has 19 heavy (non-hydrogen) atoms. The number of hydrogen-bond donors (Lipinski definition) is 1. The third-order valence-electron chi connectivity index (χ3n) is 2.64. The fourth-order valence-electron chi connectivity index (χ4n) is 1.60. The van der Waals surface area contributed by atoms with Gasteiger partial charge in [0.25, 0.3) is 0 Å². The van der Waals surface area contributed by atoms with Crippen molar-refractivity contribution in [1.29, 1.82) is 0 Å². The zero-order chi connectivity index (χ0) is 13.9. The van der Waals surface area contributed by atoms with Crippen molar-refractivity contribution in [1.82, 2.24) is 0 Å². The van der Waals surface area contributed by atoms with E-state index in [1.165, 1.54) is 0 Å². The van der Waals surface area contributed by atoms with Crippen LogP contribution in [0.25, 0.3) is 0 Å². The molecule has 1 rings (SSSR count). The summed E-state index contributed by atoms with van der Waals surface area (Å²) in [6.45, 7) is 6.57. The van der Waals surface area contributed by atoms with Crippen LogP contribution in [-0.2, 0) is 4.74 Å². The standard InChI is InChI=1S/C16H23NO2/c1-3-4-10-18-11-12-19-16-8-7-15(6-5-9-17)13-14(16)2/h7-8,13H,3-4,9-12,17H2,1-2H3. The molecule has 0 fully saturated rings. The van der Waals surface area contributed by atoms with Gasteiger partial charge in [0.2, 0.25) is 0 Å². The van der Waals surface area contributed by atoms with Crippen molar-refractivity contribution in [3.05, 3.63) is 29.3 Å². The summed E-state index contributed by atoms with van der Waals surface area (Å²) in [4.78, 5) is 0. The third kappa shape index (κ3) is 6.28. The molecule has 0 aliphatic carbocycles. The summed E-state index contributed by atoms with van der Waals surface area (Å²) in [5.41, 5.74) is 7.40. The number of rotatable bonds is 7. The normalized spacial score (nSPS) is 9.84. The van der Waals surface area contributed by atoms with E-state index in [0.29, 0.717) is 19.8 Å². The summed E-state index contributed by atoms with van der Waals surface area (Å²) in [7, 11) is 0. The van der Waals surface area contributed by atoms with Crippen LogP contribution in [0.4, 0.5) is 0 Å². The van der Waals surface area contributed by atoms with Gasteiger partial charge in [-0.3, -0.25) is 0 Å². The second-order valence-corrected chi connectivity index (χ2v) is 4.30. The molecule has 0 spiro atoms. The average molecular weight is 261 g/mol. The Labute approximate surface area is 116 Å². The largest absolute Gasteiger partial charge is 0.491 e. The maximum absolute atomic E-state index is 5.68. The van der Waals surface area contributed by atoms with Crippen molar-refractivity contribution in [2.45, 2.75) is 26.7 Å². The van der Waals surface area contributed by atoms with E-state index >= 15 is 0 Å². The van der Waals surface area contributed by atoms with E-state index in [4.69, 9.17) is 15.2 Å². The minimum absolute atomic E-state index is 0.381. The number of aryl methyl sites for hydroxylation is 1. The van der Waals surface area contributed by atoms with Gasteiger partial charge >= 0.3 is 0 Å². The molecule has 0 amide bonds. The fourth-order valence-corrected chi connectivity index (χ4v) is 1.60. The molecule has 1 aromatic carbocycles. The van der Waals surface area contributed by atoms with Gasteiger partial charge < -0.3 is 15.2 Å². The van der Waals surface area contributed by atoms with E-state index in [1.54, 1.807) is 0 Å². The van der Waals surface area contributed by atoms with E-state index in [-0.39, 0.29) is 0 Å². The van der Waals surface area contributed by atoms with Crippen LogP contribution in [0.1, 0.15) is 30.9 Å². The van der Waals surface area contributed by atoms with E-state index in [2.05, 4.69) is 18.8 Å². The van der Waals surface area contributed by atoms with Gasteiger partial charge in [-0.1, -0.05) is 25.2 Å². The Hall–Kier alpha value is -1.50. The van der Waals surface area contributed by atoms with Crippen molar-refractivity contribution in [2.24, 2.45) is 5.73 Å². The smallest absolute Gasteiger partial charge is 0.122 e.